The van der Waals surface area contributed by atoms with Gasteiger partial charge in [0.05, 0.1) is 29.8 Å². The number of benzene rings is 2. The highest BCUT2D eigenvalue weighted by Crippen LogP contribution is 2.46. The summed E-state index contributed by atoms with van der Waals surface area (Å²) < 4.78 is 45.5. The number of carboxylic acids is 1. The Bertz CT molecular complexity index is 2690. The third-order valence-corrected chi connectivity index (χ3v) is 14.9. The van der Waals surface area contributed by atoms with E-state index in [-0.39, 0.29) is 36.7 Å². The average Bonchev–Trinajstić information content (AvgIpc) is 3.55. The molecule has 20 heteroatoms. The number of alkyl carbamates (subject to hydrolysis) is 1. The van der Waals surface area contributed by atoms with Crippen LogP contribution in [0.5, 0.6) is 11.5 Å². The SMILES string of the molecule is COc1ccc2c(O[C@@H]3C[C@H]4C(=O)N[C@]5(C(=O)O)CC5/C=C\CCCCC[C@H](NC(=O)O[C@H](C(=O)N(C)S(=O)(=O)c5ccccc5)C(C)(C)C)C(=O)N4C3)cc(-c3csc(NC(C)C)n3)nc2c1. The van der Waals surface area contributed by atoms with Crippen LogP contribution in [0.3, 0.4) is 0 Å². The van der Waals surface area contributed by atoms with Gasteiger partial charge in [0.1, 0.15) is 40.9 Å². The minimum absolute atomic E-state index is 0.0395. The number of fused-ring (bicyclic) bond motifs is 3. The minimum Gasteiger partial charge on any atom is -0.497 e. The average molecular weight is 974 g/mol. The summed E-state index contributed by atoms with van der Waals surface area (Å²) in [6.45, 7) is 8.72. The second-order valence-electron chi connectivity index (χ2n) is 18.8. The topological polar surface area (TPSA) is 236 Å². The van der Waals surface area contributed by atoms with Gasteiger partial charge in [-0.25, -0.2) is 32.3 Å². The first-order chi connectivity index (χ1) is 32.2. The van der Waals surface area contributed by atoms with Crippen LogP contribution in [0.2, 0.25) is 0 Å². The minimum atomic E-state index is -4.33. The summed E-state index contributed by atoms with van der Waals surface area (Å²) in [7, 11) is -1.69. The zero-order valence-electron chi connectivity index (χ0n) is 39.2. The number of aliphatic carboxylic acids is 1. The van der Waals surface area contributed by atoms with Crippen molar-refractivity contribution < 1.29 is 51.7 Å². The van der Waals surface area contributed by atoms with Crippen molar-refractivity contribution in [2.45, 2.75) is 120 Å². The van der Waals surface area contributed by atoms with Crippen LogP contribution in [0.4, 0.5) is 9.93 Å². The molecule has 0 bridgehead atoms. The molecule has 1 aliphatic carbocycles. The van der Waals surface area contributed by atoms with Crippen molar-refractivity contribution in [2.75, 3.05) is 26.0 Å². The van der Waals surface area contributed by atoms with Gasteiger partial charge in [-0.3, -0.25) is 14.4 Å². The van der Waals surface area contributed by atoms with E-state index in [9.17, 15) is 37.5 Å². The van der Waals surface area contributed by atoms with Crippen molar-refractivity contribution in [3.63, 3.8) is 0 Å². The van der Waals surface area contributed by atoms with Gasteiger partial charge in [0, 0.05) is 53.7 Å². The van der Waals surface area contributed by atoms with Crippen LogP contribution in [0, 0.1) is 11.3 Å². The van der Waals surface area contributed by atoms with E-state index in [0.717, 1.165) is 7.05 Å². The standard InChI is InChI=1S/C48H59N7O11S2/c1-28(2)49-45-51-37(27-67-45)36-24-39(33-21-20-30(64-7)22-35(33)50-36)65-31-23-38-41(56)53-48(44(59)60)25-29(48)16-12-9-8-10-15-19-34(42(57)55(38)26-31)52-46(61)66-40(47(3,4)5)43(58)54(6)68(62,63)32-17-13-11-14-18-32/h11-14,16-18,20-22,24,27-29,31,34,38,40H,8-10,15,19,23,25-26H2,1-7H3,(H,49,51)(H,52,61)(H,53,56)(H,59,60)/b16-12-/t29?,31-,34+,38+,40-,48-/m1/s1. The molecule has 2 aromatic heterocycles. The Morgan fingerprint density at radius 2 is 1.78 bits per heavy atom. The summed E-state index contributed by atoms with van der Waals surface area (Å²) in [4.78, 5) is 80.8. The zero-order chi connectivity index (χ0) is 49.1. The highest BCUT2D eigenvalue weighted by molar-refractivity contribution is 7.89. The molecule has 4 aromatic rings. The molecule has 4 N–H and O–H groups in total. The monoisotopic (exact) mass is 973 g/mol. The fraction of sp³-hybridized carbons (Fsp3) is 0.479. The van der Waals surface area contributed by atoms with Crippen LogP contribution in [0.15, 0.2) is 77.0 Å². The third-order valence-electron chi connectivity index (χ3n) is 12.3. The van der Waals surface area contributed by atoms with E-state index in [1.807, 2.05) is 31.4 Å². The largest absolute Gasteiger partial charge is 0.497 e. The van der Waals surface area contributed by atoms with Crippen molar-refractivity contribution in [3.05, 3.63) is 72.1 Å². The van der Waals surface area contributed by atoms with E-state index in [2.05, 4.69) is 16.0 Å². The maximum atomic E-state index is 15.0. The maximum Gasteiger partial charge on any atom is 0.408 e. The van der Waals surface area contributed by atoms with Gasteiger partial charge in [0.25, 0.3) is 15.9 Å². The summed E-state index contributed by atoms with van der Waals surface area (Å²) in [6.07, 6.45) is 2.86. The summed E-state index contributed by atoms with van der Waals surface area (Å²) in [5.41, 5.74) is -1.03. The molecule has 2 aromatic carbocycles. The van der Waals surface area contributed by atoms with Crippen LogP contribution in [0.25, 0.3) is 22.3 Å². The van der Waals surface area contributed by atoms with Gasteiger partial charge in [0.2, 0.25) is 11.8 Å². The molecule has 3 aliphatic rings. The highest BCUT2D eigenvalue weighted by atomic mass is 32.2. The van der Waals surface area contributed by atoms with E-state index < -0.39 is 81.0 Å². The first-order valence-electron chi connectivity index (χ1n) is 22.7. The Balaban J connectivity index is 1.19. The number of carbonyl (C=O) groups is 5. The quantitative estimate of drug-likeness (QED) is 0.113. The second kappa shape index (κ2) is 20.1. The number of hydrogen-bond donors (Lipinski definition) is 4. The summed E-state index contributed by atoms with van der Waals surface area (Å²) in [5, 5.41) is 22.3. The molecule has 18 nitrogen and oxygen atoms in total. The van der Waals surface area contributed by atoms with Crippen molar-refractivity contribution in [2.24, 2.45) is 11.3 Å². The summed E-state index contributed by atoms with van der Waals surface area (Å²) >= 11 is 1.42. The highest BCUT2D eigenvalue weighted by Gasteiger charge is 2.61. The zero-order valence-corrected chi connectivity index (χ0v) is 40.8. The number of anilines is 1. The lowest BCUT2D eigenvalue weighted by molar-refractivity contribution is -0.145. The number of hydrogen-bond acceptors (Lipinski definition) is 14. The molecule has 1 unspecified atom stereocenters. The van der Waals surface area contributed by atoms with Crippen LogP contribution in [-0.4, -0.2) is 119 Å². The molecule has 0 radical (unpaired) electrons. The van der Waals surface area contributed by atoms with Gasteiger partial charge >= 0.3 is 12.1 Å². The Morgan fingerprint density at radius 1 is 1.03 bits per heavy atom. The van der Waals surface area contributed by atoms with Crippen molar-refractivity contribution in [3.8, 4) is 22.9 Å². The number of likely N-dealkylation sites (N-methyl/N-ethyl adjacent to an activating group) is 1. The predicted octanol–water partition coefficient (Wildman–Crippen LogP) is 6.37. The normalized spacial score (nSPS) is 23.2. The van der Waals surface area contributed by atoms with Crippen LogP contribution in [-0.2, 0) is 33.9 Å². The van der Waals surface area contributed by atoms with E-state index in [4.69, 9.17) is 24.2 Å². The number of methoxy groups -OCH3 is 1. The fourth-order valence-electron chi connectivity index (χ4n) is 8.48. The molecule has 4 amide bonds. The van der Waals surface area contributed by atoms with Gasteiger partial charge in [-0.1, -0.05) is 64.0 Å². The Kier molecular flexibility index (Phi) is 14.7. The number of nitrogens with one attached hydrogen (secondary N) is 3. The molecule has 1 saturated heterocycles. The van der Waals surface area contributed by atoms with E-state index in [1.165, 1.54) is 40.5 Å². The smallest absolute Gasteiger partial charge is 0.408 e. The van der Waals surface area contributed by atoms with Gasteiger partial charge in [-0.15, -0.1) is 11.3 Å². The Morgan fingerprint density at radius 3 is 2.47 bits per heavy atom. The first kappa shape index (κ1) is 49.6. The molecule has 7 rings (SSSR count). The molecule has 2 aliphatic heterocycles. The fourth-order valence-corrected chi connectivity index (χ4v) is 10.5. The number of carbonyl (C=O) groups excluding carboxylic acids is 4. The lowest BCUT2D eigenvalue weighted by Gasteiger charge is -2.33. The first-order valence-corrected chi connectivity index (χ1v) is 25.0. The van der Waals surface area contributed by atoms with E-state index in [1.54, 1.807) is 58.2 Å². The number of aromatic nitrogens is 2. The Hall–Kier alpha value is -6.28. The summed E-state index contributed by atoms with van der Waals surface area (Å²) in [5.74, 6) is -3.05. The molecular weight excluding hydrogens is 915 g/mol. The van der Waals surface area contributed by atoms with Gasteiger partial charge in [-0.05, 0) is 63.8 Å². The molecule has 2 fully saturated rings. The molecule has 68 heavy (non-hydrogen) atoms. The molecule has 1 saturated carbocycles. The van der Waals surface area contributed by atoms with E-state index in [0.29, 0.717) is 68.9 Å². The van der Waals surface area contributed by atoms with Gasteiger partial charge in [0.15, 0.2) is 11.2 Å². The maximum absolute atomic E-state index is 15.0. The lowest BCUT2D eigenvalue weighted by Crippen LogP contribution is -2.57. The molecular formula is C48H59N7O11S2. The second-order valence-corrected chi connectivity index (χ2v) is 21.6. The predicted molar refractivity (Wildman–Crippen MR) is 255 cm³/mol. The number of nitrogens with zero attached hydrogens (tertiary/aromatic N) is 4. The van der Waals surface area contributed by atoms with Crippen LogP contribution in [0.1, 0.15) is 79.6 Å². The number of rotatable bonds is 12. The number of amides is 4. The molecule has 6 atom stereocenters. The number of sulfonamides is 1. The Labute approximate surface area is 399 Å². The van der Waals surface area contributed by atoms with Crippen molar-refractivity contribution in [1.29, 1.82) is 0 Å². The lowest BCUT2D eigenvalue weighted by atomic mass is 9.88. The van der Waals surface area contributed by atoms with Crippen LogP contribution < -0.4 is 25.4 Å². The number of allylic oxidation sites excluding steroid dienone is 1. The number of carboxylic acid groups (broad SMARTS) is 1. The van der Waals surface area contributed by atoms with Crippen molar-refractivity contribution >= 4 is 67.2 Å². The molecule has 364 valence electrons. The van der Waals surface area contributed by atoms with Gasteiger partial charge < -0.3 is 40.2 Å². The molecule has 4 heterocycles. The van der Waals surface area contributed by atoms with Gasteiger partial charge in [-0.2, -0.15) is 0 Å². The number of ether oxygens (including phenoxy) is 3. The van der Waals surface area contributed by atoms with Crippen molar-refractivity contribution in [1.82, 2.24) is 29.8 Å². The van der Waals surface area contributed by atoms with Crippen LogP contribution >= 0.6 is 11.3 Å². The number of pyridine rings is 1. The number of thiazole rings is 1. The summed E-state index contributed by atoms with van der Waals surface area (Å²) in [6, 6.07) is 12.1. The van der Waals surface area contributed by atoms with E-state index >= 15 is 0 Å². The third kappa shape index (κ3) is 10.9. The molecule has 0 spiro atoms.